The normalized spacial score (nSPS) is 19.9. The van der Waals surface area contributed by atoms with E-state index in [4.69, 9.17) is 4.74 Å². The Hall–Kier alpha value is -3.02. The molecule has 2 atom stereocenters. The molecule has 2 aliphatic heterocycles. The molecule has 0 spiro atoms. The summed E-state index contributed by atoms with van der Waals surface area (Å²) in [5, 5.41) is 0. The number of benzene rings is 2. The maximum absolute atomic E-state index is 13.3. The molecule has 0 aromatic heterocycles. The average Bonchev–Trinajstić information content (AvgIpc) is 3.24. The molecule has 2 aliphatic rings. The van der Waals surface area contributed by atoms with E-state index < -0.39 is 0 Å². The Balaban J connectivity index is 1.41. The number of hydrogen-bond acceptors (Lipinski definition) is 4. The lowest BCUT2D eigenvalue weighted by Crippen LogP contribution is -2.50. The number of nitrogens with zero attached hydrogens (tertiary/aromatic N) is 3. The van der Waals surface area contributed by atoms with Crippen LogP contribution in [0, 0.1) is 5.92 Å². The molecule has 2 aromatic carbocycles. The van der Waals surface area contributed by atoms with Crippen LogP contribution in [0.15, 0.2) is 48.5 Å². The van der Waals surface area contributed by atoms with Crippen LogP contribution in [0.25, 0.3) is 0 Å². The number of methoxy groups -OCH3 is 1. The summed E-state index contributed by atoms with van der Waals surface area (Å²) in [4.78, 5) is 32.2. The van der Waals surface area contributed by atoms with Gasteiger partial charge in [-0.25, -0.2) is 0 Å². The van der Waals surface area contributed by atoms with Crippen LogP contribution in [0.2, 0.25) is 0 Å². The summed E-state index contributed by atoms with van der Waals surface area (Å²) < 4.78 is 5.49. The predicted octanol–water partition coefficient (Wildman–Crippen LogP) is 3.91. The summed E-state index contributed by atoms with van der Waals surface area (Å²) >= 11 is 0. The molecule has 2 fully saturated rings. The number of para-hydroxylation sites is 3. The number of ether oxygens (including phenoxy) is 1. The molecule has 2 amide bonds. The van der Waals surface area contributed by atoms with Gasteiger partial charge in [-0.05, 0) is 36.1 Å². The van der Waals surface area contributed by atoms with Crippen LogP contribution in [0.1, 0.15) is 38.2 Å². The molecular weight excluding hydrogens is 402 g/mol. The first-order chi connectivity index (χ1) is 15.5. The van der Waals surface area contributed by atoms with Crippen molar-refractivity contribution in [3.8, 4) is 5.75 Å². The largest absolute Gasteiger partial charge is 0.495 e. The topological polar surface area (TPSA) is 53.1 Å². The molecule has 0 radical (unpaired) electrons. The third kappa shape index (κ3) is 4.31. The number of carbonyl (C=O) groups excluding carboxylic acids is 2. The smallest absolute Gasteiger partial charge is 0.228 e. The van der Waals surface area contributed by atoms with Crippen LogP contribution in [0.3, 0.4) is 0 Å². The molecule has 0 saturated carbocycles. The Morgan fingerprint density at radius 2 is 1.69 bits per heavy atom. The molecule has 2 unspecified atom stereocenters. The molecule has 6 heteroatoms. The highest BCUT2D eigenvalue weighted by Gasteiger charge is 2.38. The van der Waals surface area contributed by atoms with Gasteiger partial charge in [0, 0.05) is 44.8 Å². The van der Waals surface area contributed by atoms with Crippen molar-refractivity contribution in [3.63, 3.8) is 0 Å². The predicted molar refractivity (Wildman–Crippen MR) is 127 cm³/mol. The van der Waals surface area contributed by atoms with Gasteiger partial charge in [-0.1, -0.05) is 44.2 Å². The number of anilines is 2. The van der Waals surface area contributed by atoms with E-state index in [2.05, 4.69) is 30.9 Å². The van der Waals surface area contributed by atoms with Gasteiger partial charge in [0.25, 0.3) is 0 Å². The lowest BCUT2D eigenvalue weighted by atomic mass is 9.96. The van der Waals surface area contributed by atoms with Gasteiger partial charge in [0.2, 0.25) is 11.8 Å². The van der Waals surface area contributed by atoms with Gasteiger partial charge in [0.05, 0.1) is 18.7 Å². The molecular formula is C26H33N3O3. The van der Waals surface area contributed by atoms with Gasteiger partial charge in [0.1, 0.15) is 5.75 Å². The summed E-state index contributed by atoms with van der Waals surface area (Å²) in [6.07, 6.45) is 1.30. The van der Waals surface area contributed by atoms with Crippen molar-refractivity contribution in [3.05, 3.63) is 54.1 Å². The average molecular weight is 436 g/mol. The van der Waals surface area contributed by atoms with Crippen LogP contribution in [-0.4, -0.2) is 56.5 Å². The molecule has 4 rings (SSSR count). The van der Waals surface area contributed by atoms with E-state index in [9.17, 15) is 9.59 Å². The van der Waals surface area contributed by atoms with Gasteiger partial charge in [0.15, 0.2) is 0 Å². The van der Waals surface area contributed by atoms with Gasteiger partial charge < -0.3 is 19.4 Å². The molecule has 2 saturated heterocycles. The van der Waals surface area contributed by atoms with Crippen molar-refractivity contribution in [2.45, 2.75) is 32.6 Å². The van der Waals surface area contributed by atoms with E-state index in [0.717, 1.165) is 36.6 Å². The third-order valence-electron chi connectivity index (χ3n) is 6.86. The maximum Gasteiger partial charge on any atom is 0.228 e. The highest BCUT2D eigenvalue weighted by Crippen LogP contribution is 2.34. The second-order valence-corrected chi connectivity index (χ2v) is 8.76. The number of piperazine rings is 1. The molecule has 2 heterocycles. The van der Waals surface area contributed by atoms with Gasteiger partial charge in [-0.15, -0.1) is 0 Å². The second-order valence-electron chi connectivity index (χ2n) is 8.76. The van der Waals surface area contributed by atoms with Crippen molar-refractivity contribution >= 4 is 23.2 Å². The molecule has 2 aromatic rings. The van der Waals surface area contributed by atoms with Crippen LogP contribution in [-0.2, 0) is 9.59 Å². The number of hydrogen-bond donors (Lipinski definition) is 0. The van der Waals surface area contributed by atoms with Crippen molar-refractivity contribution < 1.29 is 14.3 Å². The van der Waals surface area contributed by atoms with Crippen LogP contribution >= 0.6 is 0 Å². The molecule has 6 nitrogen and oxygen atoms in total. The SMILES string of the molecule is CCC(C)c1ccccc1N1CC(C(=O)N2CCN(c3ccccc3OC)CC2)CC1=O. The lowest BCUT2D eigenvalue weighted by Gasteiger charge is -2.37. The lowest BCUT2D eigenvalue weighted by molar-refractivity contribution is -0.136. The Morgan fingerprint density at radius 3 is 2.38 bits per heavy atom. The Morgan fingerprint density at radius 1 is 1.03 bits per heavy atom. The summed E-state index contributed by atoms with van der Waals surface area (Å²) in [6.45, 7) is 7.64. The molecule has 0 N–H and O–H groups in total. The monoisotopic (exact) mass is 435 g/mol. The first kappa shape index (κ1) is 22.2. The van der Waals surface area contributed by atoms with Crippen molar-refractivity contribution in [1.29, 1.82) is 0 Å². The zero-order valence-corrected chi connectivity index (χ0v) is 19.3. The molecule has 32 heavy (non-hydrogen) atoms. The van der Waals surface area contributed by atoms with Gasteiger partial charge in [-0.3, -0.25) is 9.59 Å². The van der Waals surface area contributed by atoms with Gasteiger partial charge >= 0.3 is 0 Å². The Labute approximate surface area is 190 Å². The first-order valence-corrected chi connectivity index (χ1v) is 11.6. The van der Waals surface area contributed by atoms with E-state index >= 15 is 0 Å². The summed E-state index contributed by atoms with van der Waals surface area (Å²) in [7, 11) is 1.68. The van der Waals surface area contributed by atoms with E-state index in [0.29, 0.717) is 32.0 Å². The quantitative estimate of drug-likeness (QED) is 0.690. The van der Waals surface area contributed by atoms with Crippen LogP contribution in [0.4, 0.5) is 11.4 Å². The highest BCUT2D eigenvalue weighted by molar-refractivity contribution is 6.01. The molecule has 0 aliphatic carbocycles. The zero-order valence-electron chi connectivity index (χ0n) is 19.3. The van der Waals surface area contributed by atoms with E-state index in [1.165, 1.54) is 5.56 Å². The number of carbonyl (C=O) groups is 2. The molecule has 170 valence electrons. The minimum absolute atomic E-state index is 0.0479. The first-order valence-electron chi connectivity index (χ1n) is 11.6. The minimum Gasteiger partial charge on any atom is -0.495 e. The van der Waals surface area contributed by atoms with Gasteiger partial charge in [-0.2, -0.15) is 0 Å². The fourth-order valence-electron chi connectivity index (χ4n) is 4.79. The van der Waals surface area contributed by atoms with E-state index in [1.807, 2.05) is 46.2 Å². The standard InChI is InChI=1S/C26H33N3O3/c1-4-19(2)21-9-5-6-10-22(21)29-18-20(17-25(29)30)26(31)28-15-13-27(14-16-28)23-11-7-8-12-24(23)32-3/h5-12,19-20H,4,13-18H2,1-3H3. The van der Waals surface area contributed by atoms with Crippen LogP contribution < -0.4 is 14.5 Å². The second kappa shape index (κ2) is 9.63. The maximum atomic E-state index is 13.3. The van der Waals surface area contributed by atoms with E-state index in [1.54, 1.807) is 7.11 Å². The molecule has 0 bridgehead atoms. The Kier molecular flexibility index (Phi) is 6.68. The Bertz CT molecular complexity index is 968. The fraction of sp³-hybridized carbons (Fsp3) is 0.462. The highest BCUT2D eigenvalue weighted by atomic mass is 16.5. The number of rotatable bonds is 6. The van der Waals surface area contributed by atoms with Crippen molar-refractivity contribution in [1.82, 2.24) is 4.90 Å². The summed E-state index contributed by atoms with van der Waals surface area (Å²) in [6, 6.07) is 16.1. The zero-order chi connectivity index (χ0) is 22.7. The summed E-state index contributed by atoms with van der Waals surface area (Å²) in [5.74, 6) is 1.10. The van der Waals surface area contributed by atoms with Crippen molar-refractivity contribution in [2.24, 2.45) is 5.92 Å². The number of amides is 2. The van der Waals surface area contributed by atoms with Crippen LogP contribution in [0.5, 0.6) is 5.75 Å². The fourth-order valence-corrected chi connectivity index (χ4v) is 4.79. The van der Waals surface area contributed by atoms with E-state index in [-0.39, 0.29) is 17.7 Å². The van der Waals surface area contributed by atoms with Crippen molar-refractivity contribution in [2.75, 3.05) is 49.6 Å². The summed E-state index contributed by atoms with van der Waals surface area (Å²) in [5.41, 5.74) is 3.20. The minimum atomic E-state index is -0.273. The third-order valence-corrected chi connectivity index (χ3v) is 6.86.